The van der Waals surface area contributed by atoms with Crippen LogP contribution in [0.25, 0.3) is 0 Å². The van der Waals surface area contributed by atoms with Crippen molar-refractivity contribution in [1.29, 1.82) is 0 Å². The lowest BCUT2D eigenvalue weighted by molar-refractivity contribution is 0.194. The van der Waals surface area contributed by atoms with Crippen LogP contribution in [0.4, 0.5) is 0 Å². The molecule has 1 N–H and O–H groups in total. The number of halogens is 1. The lowest BCUT2D eigenvalue weighted by Gasteiger charge is -2.14. The number of aryl methyl sites for hydroxylation is 1. The van der Waals surface area contributed by atoms with Crippen LogP contribution in [0.5, 0.6) is 5.75 Å². The Bertz CT molecular complexity index is 335. The van der Waals surface area contributed by atoms with Crippen molar-refractivity contribution in [3.63, 3.8) is 0 Å². The lowest BCUT2D eigenvalue weighted by Crippen LogP contribution is -2.07. The Morgan fingerprint density at radius 1 is 1.40 bits per heavy atom. The maximum atomic E-state index is 9.41. The van der Waals surface area contributed by atoms with Gasteiger partial charge in [-0.05, 0) is 36.6 Å². The van der Waals surface area contributed by atoms with Gasteiger partial charge in [0.1, 0.15) is 5.75 Å². The summed E-state index contributed by atoms with van der Waals surface area (Å²) in [7, 11) is 1.67. The van der Waals surface area contributed by atoms with E-state index in [0.717, 1.165) is 22.2 Å². The first kappa shape index (κ1) is 12.5. The van der Waals surface area contributed by atoms with Gasteiger partial charge in [0.25, 0.3) is 0 Å². The Balaban J connectivity index is 3.16. The Labute approximate surface area is 99.4 Å². The monoisotopic (exact) mass is 272 g/mol. The van der Waals surface area contributed by atoms with Crippen LogP contribution in [0.15, 0.2) is 16.6 Å². The van der Waals surface area contributed by atoms with E-state index in [4.69, 9.17) is 4.74 Å². The van der Waals surface area contributed by atoms with Gasteiger partial charge < -0.3 is 9.84 Å². The zero-order valence-electron chi connectivity index (χ0n) is 9.38. The number of hydrogen-bond donors (Lipinski definition) is 1. The van der Waals surface area contributed by atoms with Crippen LogP contribution in [-0.2, 0) is 12.8 Å². The van der Waals surface area contributed by atoms with E-state index in [2.05, 4.69) is 28.9 Å². The summed E-state index contributed by atoms with van der Waals surface area (Å²) in [5.74, 6) is 0.904. The Hall–Kier alpha value is -0.540. The van der Waals surface area contributed by atoms with E-state index >= 15 is 0 Å². The lowest BCUT2D eigenvalue weighted by atomic mass is 10.0. The average Bonchev–Trinajstić information content (AvgIpc) is 2.15. The van der Waals surface area contributed by atoms with Gasteiger partial charge in [0.05, 0.1) is 13.2 Å². The van der Waals surface area contributed by atoms with Gasteiger partial charge in [-0.25, -0.2) is 0 Å². The molecule has 0 aliphatic rings. The molecule has 0 bridgehead atoms. The summed E-state index contributed by atoms with van der Waals surface area (Å²) in [6.45, 7) is 3.88. The third kappa shape index (κ3) is 3.21. The minimum absolute atomic E-state index is 0.349. The zero-order chi connectivity index (χ0) is 11.4. The van der Waals surface area contributed by atoms with E-state index in [-0.39, 0.29) is 6.10 Å². The average molecular weight is 273 g/mol. The van der Waals surface area contributed by atoms with E-state index < -0.39 is 0 Å². The topological polar surface area (TPSA) is 29.5 Å². The molecule has 0 radical (unpaired) electrons. The second kappa shape index (κ2) is 5.52. The minimum Gasteiger partial charge on any atom is -0.496 e. The third-order valence-electron chi connectivity index (χ3n) is 2.31. The Kier molecular flexibility index (Phi) is 4.61. The molecule has 1 rings (SSSR count). The highest BCUT2D eigenvalue weighted by Gasteiger charge is 2.11. The normalized spacial score (nSPS) is 12.6. The van der Waals surface area contributed by atoms with Gasteiger partial charge in [-0.2, -0.15) is 0 Å². The maximum Gasteiger partial charge on any atom is 0.125 e. The van der Waals surface area contributed by atoms with Crippen LogP contribution in [0.2, 0.25) is 0 Å². The SMILES string of the molecule is CCc1cc(Br)cc(CC(C)O)c1OC. The number of ether oxygens (including phenoxy) is 1. The third-order valence-corrected chi connectivity index (χ3v) is 2.77. The van der Waals surface area contributed by atoms with Gasteiger partial charge in [-0.15, -0.1) is 0 Å². The minimum atomic E-state index is -0.349. The van der Waals surface area contributed by atoms with E-state index in [1.54, 1.807) is 14.0 Å². The van der Waals surface area contributed by atoms with Crippen molar-refractivity contribution in [3.05, 3.63) is 27.7 Å². The summed E-state index contributed by atoms with van der Waals surface area (Å²) in [6.07, 6.45) is 1.20. The molecule has 0 saturated heterocycles. The van der Waals surface area contributed by atoms with Gasteiger partial charge >= 0.3 is 0 Å². The van der Waals surface area contributed by atoms with Crippen LogP contribution in [0, 0.1) is 0 Å². The molecular weight excluding hydrogens is 256 g/mol. The molecular formula is C12H17BrO2. The molecule has 0 amide bonds. The Morgan fingerprint density at radius 3 is 2.47 bits per heavy atom. The van der Waals surface area contributed by atoms with Gasteiger partial charge in [-0.1, -0.05) is 22.9 Å². The van der Waals surface area contributed by atoms with E-state index in [1.165, 1.54) is 5.56 Å². The molecule has 84 valence electrons. The highest BCUT2D eigenvalue weighted by atomic mass is 79.9. The summed E-state index contributed by atoms with van der Waals surface area (Å²) in [5, 5.41) is 9.41. The van der Waals surface area contributed by atoms with Crippen molar-refractivity contribution in [2.75, 3.05) is 7.11 Å². The van der Waals surface area contributed by atoms with Crippen LogP contribution < -0.4 is 4.74 Å². The molecule has 1 aromatic carbocycles. The van der Waals surface area contributed by atoms with Gasteiger partial charge in [0, 0.05) is 10.9 Å². The number of aliphatic hydroxyl groups is 1. The molecule has 0 aliphatic heterocycles. The smallest absolute Gasteiger partial charge is 0.125 e. The molecule has 1 aromatic rings. The molecule has 15 heavy (non-hydrogen) atoms. The van der Waals surface area contributed by atoms with Crippen LogP contribution in [0.3, 0.4) is 0 Å². The van der Waals surface area contributed by atoms with Gasteiger partial charge in [0.15, 0.2) is 0 Å². The van der Waals surface area contributed by atoms with E-state index in [0.29, 0.717) is 6.42 Å². The number of rotatable bonds is 4. The number of methoxy groups -OCH3 is 1. The molecule has 0 heterocycles. The van der Waals surface area contributed by atoms with Crippen molar-refractivity contribution in [1.82, 2.24) is 0 Å². The zero-order valence-corrected chi connectivity index (χ0v) is 11.0. The first-order valence-electron chi connectivity index (χ1n) is 5.11. The summed E-state index contributed by atoms with van der Waals surface area (Å²) < 4.78 is 6.43. The second-order valence-corrected chi connectivity index (χ2v) is 4.58. The standard InChI is InChI=1S/C12H17BrO2/c1-4-9-6-11(13)7-10(5-8(2)14)12(9)15-3/h6-8,14H,4-5H2,1-3H3. The molecule has 0 saturated carbocycles. The predicted molar refractivity (Wildman–Crippen MR) is 65.5 cm³/mol. The first-order valence-corrected chi connectivity index (χ1v) is 5.91. The fraction of sp³-hybridized carbons (Fsp3) is 0.500. The summed E-state index contributed by atoms with van der Waals surface area (Å²) in [6, 6.07) is 4.06. The second-order valence-electron chi connectivity index (χ2n) is 3.66. The summed E-state index contributed by atoms with van der Waals surface area (Å²) in [4.78, 5) is 0. The molecule has 1 atom stereocenters. The van der Waals surface area contributed by atoms with Gasteiger partial charge in [-0.3, -0.25) is 0 Å². The van der Waals surface area contributed by atoms with E-state index in [9.17, 15) is 5.11 Å². The number of aliphatic hydroxyl groups excluding tert-OH is 1. The van der Waals surface area contributed by atoms with Crippen LogP contribution >= 0.6 is 15.9 Å². The van der Waals surface area contributed by atoms with Crippen LogP contribution in [-0.4, -0.2) is 18.3 Å². The molecule has 0 spiro atoms. The molecule has 3 heteroatoms. The fourth-order valence-corrected chi connectivity index (χ4v) is 2.26. The fourth-order valence-electron chi connectivity index (χ4n) is 1.71. The van der Waals surface area contributed by atoms with Crippen molar-refractivity contribution in [2.24, 2.45) is 0 Å². The highest BCUT2D eigenvalue weighted by molar-refractivity contribution is 9.10. The van der Waals surface area contributed by atoms with Crippen molar-refractivity contribution < 1.29 is 9.84 Å². The maximum absolute atomic E-state index is 9.41. The van der Waals surface area contributed by atoms with E-state index in [1.807, 2.05) is 6.07 Å². The molecule has 0 aliphatic carbocycles. The summed E-state index contributed by atoms with van der Waals surface area (Å²) >= 11 is 3.47. The first-order chi connectivity index (χ1) is 7.08. The Morgan fingerprint density at radius 2 is 2.00 bits per heavy atom. The van der Waals surface area contributed by atoms with Gasteiger partial charge in [0.2, 0.25) is 0 Å². The summed E-state index contributed by atoms with van der Waals surface area (Å²) in [5.41, 5.74) is 2.22. The largest absolute Gasteiger partial charge is 0.496 e. The molecule has 2 nitrogen and oxygen atoms in total. The molecule has 0 fully saturated rings. The van der Waals surface area contributed by atoms with Crippen molar-refractivity contribution in [2.45, 2.75) is 32.8 Å². The number of benzene rings is 1. The van der Waals surface area contributed by atoms with Crippen LogP contribution in [0.1, 0.15) is 25.0 Å². The number of hydrogen-bond acceptors (Lipinski definition) is 2. The highest BCUT2D eigenvalue weighted by Crippen LogP contribution is 2.29. The predicted octanol–water partition coefficient (Wildman–Crippen LogP) is 2.94. The van der Waals surface area contributed by atoms with Crippen molar-refractivity contribution in [3.8, 4) is 5.75 Å². The quantitative estimate of drug-likeness (QED) is 0.914. The molecule has 0 aromatic heterocycles. The molecule has 1 unspecified atom stereocenters. The van der Waals surface area contributed by atoms with Crippen molar-refractivity contribution >= 4 is 15.9 Å².